The van der Waals surface area contributed by atoms with Gasteiger partial charge in [0.25, 0.3) is 0 Å². The Morgan fingerprint density at radius 1 is 1.26 bits per heavy atom. The number of hydrogen-bond acceptors (Lipinski definition) is 1. The minimum atomic E-state index is -1.54. The van der Waals surface area contributed by atoms with Crippen molar-refractivity contribution in [1.29, 1.82) is 5.26 Å². The van der Waals surface area contributed by atoms with E-state index in [0.717, 1.165) is 24.8 Å². The molecule has 0 radical (unpaired) electrons. The Labute approximate surface area is 143 Å². The molecule has 0 N–H and O–H groups in total. The molecule has 1 aromatic rings. The van der Waals surface area contributed by atoms with Gasteiger partial charge in [-0.2, -0.15) is 5.26 Å². The Bertz CT molecular complexity index is 602. The van der Waals surface area contributed by atoms with Crippen LogP contribution < -0.4 is 5.19 Å². The van der Waals surface area contributed by atoms with Crippen molar-refractivity contribution in [3.63, 3.8) is 0 Å². The van der Waals surface area contributed by atoms with E-state index >= 15 is 0 Å². The molecule has 0 aliphatic heterocycles. The summed E-state index contributed by atoms with van der Waals surface area (Å²) < 4.78 is 0. The molecule has 122 valence electrons. The lowest BCUT2D eigenvalue weighted by atomic mass is 9.98. The minimum Gasteiger partial charge on any atom is -0.198 e. The summed E-state index contributed by atoms with van der Waals surface area (Å²) in [6.45, 7) is 12.7. The molecule has 1 atom stereocenters. The second kappa shape index (κ2) is 9.32. The van der Waals surface area contributed by atoms with E-state index in [-0.39, 0.29) is 5.92 Å². The molecule has 0 saturated carbocycles. The lowest BCUT2D eigenvalue weighted by molar-refractivity contribution is 0.608. The van der Waals surface area contributed by atoms with Crippen molar-refractivity contribution in [2.24, 2.45) is 5.92 Å². The summed E-state index contributed by atoms with van der Waals surface area (Å²) in [6, 6.07) is 13.2. The van der Waals surface area contributed by atoms with Gasteiger partial charge in [0.05, 0.1) is 12.0 Å². The van der Waals surface area contributed by atoms with Crippen molar-refractivity contribution in [2.45, 2.75) is 46.2 Å². The van der Waals surface area contributed by atoms with Crippen molar-refractivity contribution < 1.29 is 0 Å². The third kappa shape index (κ3) is 6.84. The fourth-order valence-electron chi connectivity index (χ4n) is 2.69. The van der Waals surface area contributed by atoms with E-state index in [4.69, 9.17) is 0 Å². The summed E-state index contributed by atoms with van der Waals surface area (Å²) in [5, 5.41) is 10.8. The van der Waals surface area contributed by atoms with Crippen LogP contribution in [0.1, 0.15) is 33.1 Å². The number of rotatable bonds is 8. The van der Waals surface area contributed by atoms with Gasteiger partial charge in [-0.25, -0.2) is 0 Å². The Balaban J connectivity index is 2.66. The first-order valence-corrected chi connectivity index (χ1v) is 11.4. The fourth-order valence-corrected chi connectivity index (χ4v) is 5.28. The highest BCUT2D eigenvalue weighted by molar-refractivity contribution is 6.94. The first-order chi connectivity index (χ1) is 10.9. The molecule has 1 unspecified atom stereocenters. The highest BCUT2D eigenvalue weighted by Crippen LogP contribution is 2.18. The van der Waals surface area contributed by atoms with Gasteiger partial charge in [0.15, 0.2) is 0 Å². The maximum Gasteiger partial charge on any atom is 0.104 e. The molecule has 0 aromatic heterocycles. The molecule has 23 heavy (non-hydrogen) atoms. The topological polar surface area (TPSA) is 23.8 Å². The molecule has 0 bridgehead atoms. The Morgan fingerprint density at radius 2 is 1.91 bits per heavy atom. The molecule has 1 rings (SSSR count). The van der Waals surface area contributed by atoms with E-state index in [1.54, 1.807) is 0 Å². The van der Waals surface area contributed by atoms with Gasteiger partial charge < -0.3 is 0 Å². The van der Waals surface area contributed by atoms with Gasteiger partial charge in [-0.1, -0.05) is 84.2 Å². The van der Waals surface area contributed by atoms with E-state index in [1.807, 2.05) is 13.0 Å². The Kier molecular flexibility index (Phi) is 7.78. The Morgan fingerprint density at radius 3 is 2.48 bits per heavy atom. The third-order valence-electron chi connectivity index (χ3n) is 4.24. The van der Waals surface area contributed by atoms with Crippen molar-refractivity contribution >= 4 is 13.3 Å². The summed E-state index contributed by atoms with van der Waals surface area (Å²) in [6.07, 6.45) is 6.71. The van der Waals surface area contributed by atoms with Crippen LogP contribution in [0.4, 0.5) is 0 Å². The molecule has 0 aliphatic carbocycles. The van der Waals surface area contributed by atoms with Gasteiger partial charge in [-0.3, -0.25) is 0 Å². The molecular weight excluding hydrogens is 294 g/mol. The first-order valence-electron chi connectivity index (χ1n) is 8.31. The van der Waals surface area contributed by atoms with Crippen molar-refractivity contribution in [2.75, 3.05) is 0 Å². The van der Waals surface area contributed by atoms with Crippen molar-refractivity contribution in [3.8, 4) is 6.07 Å². The number of nitriles is 1. The van der Waals surface area contributed by atoms with Crippen LogP contribution in [0, 0.1) is 17.2 Å². The molecule has 1 aromatic carbocycles. The maximum atomic E-state index is 9.32. The monoisotopic (exact) mass is 323 g/mol. The molecule has 0 heterocycles. The van der Waals surface area contributed by atoms with E-state index in [2.05, 4.69) is 74.8 Å². The van der Waals surface area contributed by atoms with E-state index < -0.39 is 8.07 Å². The van der Waals surface area contributed by atoms with E-state index in [0.29, 0.717) is 0 Å². The molecule has 2 heteroatoms. The number of benzene rings is 1. The first kappa shape index (κ1) is 19.2. The minimum absolute atomic E-state index is 0.0924. The van der Waals surface area contributed by atoms with Crippen LogP contribution in [-0.4, -0.2) is 8.07 Å². The van der Waals surface area contributed by atoms with Gasteiger partial charge >= 0.3 is 0 Å². The summed E-state index contributed by atoms with van der Waals surface area (Å²) in [4.78, 5) is 0. The van der Waals surface area contributed by atoms with Crippen LogP contribution in [0.3, 0.4) is 0 Å². The van der Waals surface area contributed by atoms with Crippen LogP contribution in [0.5, 0.6) is 0 Å². The standard InChI is InChI=1S/C21H29NSi/c1-6-18(2)12-14-20(16-22)15-13-19(3)17-23(4,5)21-10-8-7-9-11-21/h6-12,17,20H,1,13-15H2,2-5H3/b18-12+,19-17+. The highest BCUT2D eigenvalue weighted by Gasteiger charge is 2.20. The zero-order chi connectivity index (χ0) is 17.3. The summed E-state index contributed by atoms with van der Waals surface area (Å²) in [7, 11) is -1.54. The maximum absolute atomic E-state index is 9.32. The number of nitrogens with zero attached hydrogens (tertiary/aromatic N) is 1. The lowest BCUT2D eigenvalue weighted by Crippen LogP contribution is -2.39. The van der Waals surface area contributed by atoms with Crippen LogP contribution in [0.2, 0.25) is 13.1 Å². The molecule has 0 fully saturated rings. The Hall–Kier alpha value is -1.85. The SMILES string of the molecule is C=C/C(C)=C/CC(C#N)CC/C(C)=C/[Si](C)(C)c1ccccc1. The zero-order valence-electron chi connectivity index (χ0n) is 15.0. The number of hydrogen-bond donors (Lipinski definition) is 0. The van der Waals surface area contributed by atoms with E-state index in [9.17, 15) is 5.26 Å². The lowest BCUT2D eigenvalue weighted by Gasteiger charge is -2.20. The largest absolute Gasteiger partial charge is 0.198 e. The summed E-state index contributed by atoms with van der Waals surface area (Å²) in [5.74, 6) is 0.0924. The fraction of sp³-hybridized carbons (Fsp3) is 0.381. The average Bonchev–Trinajstić information content (AvgIpc) is 2.55. The normalized spacial score (nSPS) is 14.2. The summed E-state index contributed by atoms with van der Waals surface area (Å²) >= 11 is 0. The molecule has 1 nitrogen and oxygen atoms in total. The molecular formula is C21H29NSi. The van der Waals surface area contributed by atoms with Gasteiger partial charge in [0.1, 0.15) is 8.07 Å². The summed E-state index contributed by atoms with van der Waals surface area (Å²) in [5.41, 5.74) is 5.03. The predicted octanol–water partition coefficient (Wildman–Crippen LogP) is 5.53. The molecule has 0 aliphatic rings. The zero-order valence-corrected chi connectivity index (χ0v) is 16.0. The average molecular weight is 324 g/mol. The van der Waals surface area contributed by atoms with Crippen LogP contribution in [-0.2, 0) is 0 Å². The van der Waals surface area contributed by atoms with Gasteiger partial charge in [0.2, 0.25) is 0 Å². The number of allylic oxidation sites excluding steroid dienone is 4. The van der Waals surface area contributed by atoms with Crippen LogP contribution >= 0.6 is 0 Å². The second-order valence-electron chi connectivity index (χ2n) is 6.83. The smallest absolute Gasteiger partial charge is 0.104 e. The van der Waals surface area contributed by atoms with E-state index in [1.165, 1.54) is 10.8 Å². The third-order valence-corrected chi connectivity index (χ3v) is 7.28. The quantitative estimate of drug-likeness (QED) is 0.456. The second-order valence-corrected chi connectivity index (χ2v) is 11.1. The van der Waals surface area contributed by atoms with Crippen LogP contribution in [0.15, 0.2) is 65.9 Å². The predicted molar refractivity (Wildman–Crippen MR) is 104 cm³/mol. The molecule has 0 saturated heterocycles. The molecule has 0 spiro atoms. The van der Waals surface area contributed by atoms with Crippen molar-refractivity contribution in [3.05, 3.63) is 65.9 Å². The molecule has 0 amide bonds. The van der Waals surface area contributed by atoms with Crippen molar-refractivity contribution in [1.82, 2.24) is 0 Å². The highest BCUT2D eigenvalue weighted by atomic mass is 28.3. The van der Waals surface area contributed by atoms with Crippen LogP contribution in [0.25, 0.3) is 0 Å². The van der Waals surface area contributed by atoms with Gasteiger partial charge in [-0.15, -0.1) is 0 Å². The van der Waals surface area contributed by atoms with Gasteiger partial charge in [0, 0.05) is 0 Å². The van der Waals surface area contributed by atoms with Gasteiger partial charge in [-0.05, 0) is 33.1 Å².